The Kier molecular flexibility index (Phi) is 5.81. The Labute approximate surface area is 165 Å². The van der Waals surface area contributed by atoms with Crippen LogP contribution in [-0.2, 0) is 6.42 Å². The van der Waals surface area contributed by atoms with Crippen molar-refractivity contribution in [3.63, 3.8) is 0 Å². The molecule has 0 saturated heterocycles. The Morgan fingerprint density at radius 3 is 2.46 bits per heavy atom. The third-order valence-electron chi connectivity index (χ3n) is 4.01. The fourth-order valence-corrected chi connectivity index (χ4v) is 3.53. The quantitative estimate of drug-likeness (QED) is 0.527. The van der Waals surface area contributed by atoms with E-state index in [0.29, 0.717) is 10.6 Å². The van der Waals surface area contributed by atoms with Crippen molar-refractivity contribution in [1.29, 1.82) is 0 Å². The van der Waals surface area contributed by atoms with Crippen LogP contribution >= 0.6 is 11.3 Å². The van der Waals surface area contributed by atoms with Gasteiger partial charge >= 0.3 is 0 Å². The van der Waals surface area contributed by atoms with Crippen LogP contribution in [0.5, 0.6) is 5.75 Å². The second-order valence-corrected chi connectivity index (χ2v) is 7.63. The van der Waals surface area contributed by atoms with Crippen molar-refractivity contribution in [2.75, 3.05) is 6.54 Å². The molecule has 3 N–H and O–H groups in total. The number of benzene rings is 2. The van der Waals surface area contributed by atoms with Crippen LogP contribution in [0.3, 0.4) is 0 Å². The predicted octanol–water partition coefficient (Wildman–Crippen LogP) is 2.20. The van der Waals surface area contributed by atoms with Gasteiger partial charge in [-0.3, -0.25) is 9.59 Å². The minimum absolute atomic E-state index is 0.0539. The number of amides is 1. The molecule has 144 valence electrons. The molecule has 0 aliphatic rings. The number of hydrogen-bond donors (Lipinski definition) is 3. The van der Waals surface area contributed by atoms with Gasteiger partial charge in [0.15, 0.2) is 5.01 Å². The molecule has 0 aliphatic heterocycles. The smallest absolute Gasteiger partial charge is 0.255 e. The Morgan fingerprint density at radius 2 is 1.75 bits per heavy atom. The molecule has 0 bridgehead atoms. The molecular weight excluding hydrogens is 378 g/mol. The third kappa shape index (κ3) is 4.79. The number of para-hydroxylation sites is 1. The zero-order valence-electron chi connectivity index (χ0n) is 15.1. The molecule has 28 heavy (non-hydrogen) atoms. The van der Waals surface area contributed by atoms with Crippen molar-refractivity contribution in [1.82, 2.24) is 15.5 Å². The van der Waals surface area contributed by atoms with Crippen molar-refractivity contribution < 1.29 is 19.8 Å². The molecule has 0 spiro atoms. The maximum absolute atomic E-state index is 12.4. The van der Waals surface area contributed by atoms with Gasteiger partial charge in [0.05, 0.1) is 11.2 Å². The van der Waals surface area contributed by atoms with E-state index in [1.54, 1.807) is 43.3 Å². The van der Waals surface area contributed by atoms with Crippen molar-refractivity contribution >= 4 is 23.0 Å². The van der Waals surface area contributed by atoms with Gasteiger partial charge in [-0.2, -0.15) is 0 Å². The van der Waals surface area contributed by atoms with Crippen LogP contribution < -0.4 is 5.32 Å². The summed E-state index contributed by atoms with van der Waals surface area (Å²) in [6.45, 7) is 1.50. The van der Waals surface area contributed by atoms with Gasteiger partial charge in [0, 0.05) is 18.5 Å². The highest BCUT2D eigenvalue weighted by Gasteiger charge is 2.26. The van der Waals surface area contributed by atoms with Crippen LogP contribution in [0.25, 0.3) is 0 Å². The molecule has 3 aromatic rings. The van der Waals surface area contributed by atoms with Gasteiger partial charge in [-0.05, 0) is 19.1 Å². The summed E-state index contributed by atoms with van der Waals surface area (Å²) in [4.78, 5) is 24.6. The molecule has 0 radical (unpaired) electrons. The SMILES string of the molecule is CC(O)(CNC(=O)c1ccccc1O)Cc1nnc(C(=O)c2ccccc2)s1. The molecule has 1 unspecified atom stereocenters. The summed E-state index contributed by atoms with van der Waals surface area (Å²) in [5.41, 5.74) is -0.649. The average molecular weight is 397 g/mol. The second kappa shape index (κ2) is 8.28. The first kappa shape index (κ1) is 19.7. The lowest BCUT2D eigenvalue weighted by Gasteiger charge is -2.22. The number of carbonyl (C=O) groups excluding carboxylic acids is 2. The zero-order valence-corrected chi connectivity index (χ0v) is 15.9. The Bertz CT molecular complexity index is 986. The number of nitrogens with one attached hydrogen (secondary N) is 1. The zero-order chi connectivity index (χ0) is 20.1. The van der Waals surface area contributed by atoms with Crippen molar-refractivity contribution in [3.8, 4) is 5.75 Å². The normalized spacial score (nSPS) is 12.9. The van der Waals surface area contributed by atoms with E-state index in [1.807, 2.05) is 6.07 Å². The molecule has 0 saturated carbocycles. The van der Waals surface area contributed by atoms with E-state index in [9.17, 15) is 19.8 Å². The van der Waals surface area contributed by atoms with Gasteiger partial charge in [-0.15, -0.1) is 10.2 Å². The Hall–Kier alpha value is -3.10. The lowest BCUT2D eigenvalue weighted by molar-refractivity contribution is 0.0550. The number of ketones is 1. The van der Waals surface area contributed by atoms with Crippen LogP contribution in [0.2, 0.25) is 0 Å². The minimum Gasteiger partial charge on any atom is -0.507 e. The molecule has 0 aliphatic carbocycles. The molecule has 7 nitrogen and oxygen atoms in total. The Balaban J connectivity index is 1.61. The summed E-state index contributed by atoms with van der Waals surface area (Å²) in [5.74, 6) is -0.847. The third-order valence-corrected chi connectivity index (χ3v) is 4.93. The highest BCUT2D eigenvalue weighted by molar-refractivity contribution is 7.13. The first-order valence-corrected chi connectivity index (χ1v) is 9.38. The van der Waals surface area contributed by atoms with Gasteiger partial charge in [0.2, 0.25) is 5.78 Å². The lowest BCUT2D eigenvalue weighted by Crippen LogP contribution is -2.42. The maximum Gasteiger partial charge on any atom is 0.255 e. The molecule has 1 aromatic heterocycles. The van der Waals surface area contributed by atoms with E-state index in [1.165, 1.54) is 12.1 Å². The second-order valence-electron chi connectivity index (χ2n) is 6.57. The average Bonchev–Trinajstić information content (AvgIpc) is 3.14. The van der Waals surface area contributed by atoms with Crippen LogP contribution in [0.15, 0.2) is 54.6 Å². The van der Waals surface area contributed by atoms with E-state index >= 15 is 0 Å². The van der Waals surface area contributed by atoms with Crippen LogP contribution in [-0.4, -0.2) is 44.2 Å². The number of aromatic nitrogens is 2. The maximum atomic E-state index is 12.4. The molecule has 0 fully saturated rings. The minimum atomic E-state index is -1.30. The summed E-state index contributed by atoms with van der Waals surface area (Å²) in [5, 5.41) is 31.5. The standard InChI is InChI=1S/C20H19N3O4S/c1-20(27,12-21-18(26)14-9-5-6-10-15(14)24)11-16-22-23-19(28-16)17(25)13-7-3-2-4-8-13/h2-10,24,27H,11-12H2,1H3,(H,21,26). The van der Waals surface area contributed by atoms with Gasteiger partial charge in [-0.1, -0.05) is 53.8 Å². The van der Waals surface area contributed by atoms with Crippen LogP contribution in [0.1, 0.15) is 37.7 Å². The van der Waals surface area contributed by atoms with Crippen LogP contribution in [0.4, 0.5) is 0 Å². The summed E-state index contributed by atoms with van der Waals surface area (Å²) >= 11 is 1.11. The molecular formula is C20H19N3O4S. The van der Waals surface area contributed by atoms with E-state index in [-0.39, 0.29) is 35.1 Å². The summed E-state index contributed by atoms with van der Waals surface area (Å²) in [7, 11) is 0. The number of carbonyl (C=O) groups is 2. The van der Waals surface area contributed by atoms with Gasteiger partial charge in [0.1, 0.15) is 10.8 Å². The highest BCUT2D eigenvalue weighted by Crippen LogP contribution is 2.20. The topological polar surface area (TPSA) is 112 Å². The molecule has 3 rings (SSSR count). The van der Waals surface area contributed by atoms with Crippen molar-refractivity contribution in [2.45, 2.75) is 18.9 Å². The first-order valence-electron chi connectivity index (χ1n) is 8.56. The first-order chi connectivity index (χ1) is 13.4. The van der Waals surface area contributed by atoms with Gasteiger partial charge in [-0.25, -0.2) is 0 Å². The van der Waals surface area contributed by atoms with Crippen molar-refractivity contribution in [3.05, 3.63) is 75.7 Å². The number of hydrogen-bond acceptors (Lipinski definition) is 7. The molecule has 1 amide bonds. The predicted molar refractivity (Wildman–Crippen MR) is 105 cm³/mol. The van der Waals surface area contributed by atoms with E-state index in [0.717, 1.165) is 11.3 Å². The molecule has 1 heterocycles. The Morgan fingerprint density at radius 1 is 1.07 bits per heavy atom. The lowest BCUT2D eigenvalue weighted by atomic mass is 10.0. The number of aromatic hydroxyl groups is 1. The van der Waals surface area contributed by atoms with Crippen LogP contribution in [0, 0.1) is 0 Å². The highest BCUT2D eigenvalue weighted by atomic mass is 32.1. The molecule has 1 atom stereocenters. The van der Waals surface area contributed by atoms with Gasteiger partial charge in [0.25, 0.3) is 5.91 Å². The fourth-order valence-electron chi connectivity index (χ4n) is 2.55. The molecule has 2 aromatic carbocycles. The van der Waals surface area contributed by atoms with E-state index in [4.69, 9.17) is 0 Å². The molecule has 8 heteroatoms. The summed E-state index contributed by atoms with van der Waals surface area (Å²) in [6.07, 6.45) is 0.119. The number of aliphatic hydroxyl groups is 1. The number of phenolic OH excluding ortho intramolecular Hbond substituents is 1. The number of nitrogens with zero attached hydrogens (tertiary/aromatic N) is 2. The van der Waals surface area contributed by atoms with E-state index in [2.05, 4.69) is 15.5 Å². The summed E-state index contributed by atoms with van der Waals surface area (Å²) < 4.78 is 0. The van der Waals surface area contributed by atoms with E-state index < -0.39 is 11.5 Å². The number of phenols is 1. The fraction of sp³-hybridized carbons (Fsp3) is 0.200. The number of rotatable bonds is 7. The van der Waals surface area contributed by atoms with Crippen molar-refractivity contribution in [2.24, 2.45) is 0 Å². The largest absolute Gasteiger partial charge is 0.507 e. The summed E-state index contributed by atoms with van der Waals surface area (Å²) in [6, 6.07) is 14.9. The van der Waals surface area contributed by atoms with Gasteiger partial charge < -0.3 is 15.5 Å². The monoisotopic (exact) mass is 397 g/mol.